The summed E-state index contributed by atoms with van der Waals surface area (Å²) in [4.78, 5) is 16.0. The molecule has 0 unspecified atom stereocenters. The number of halogens is 3. The standard InChI is InChI=1S/C17H19F3N4O/c1-13-3-2-4-14(9-13)11-22-5-7-23(8-6-22)16(25)24-12-15(10-21-24)17(18,19)20/h2-4,9-10,12H,5-8,11H2,1H3. The molecule has 1 aliphatic rings. The first-order valence-corrected chi connectivity index (χ1v) is 8.02. The summed E-state index contributed by atoms with van der Waals surface area (Å²) in [6.07, 6.45) is -3.08. The van der Waals surface area contributed by atoms with Crippen molar-refractivity contribution >= 4 is 6.03 Å². The Hall–Kier alpha value is -2.35. The summed E-state index contributed by atoms with van der Waals surface area (Å²) in [5, 5.41) is 3.55. The molecule has 134 valence electrons. The molecule has 0 N–H and O–H groups in total. The van der Waals surface area contributed by atoms with Gasteiger partial charge in [-0.3, -0.25) is 4.90 Å². The number of carbonyl (C=O) groups excluding carboxylic acids is 1. The molecular weight excluding hydrogens is 333 g/mol. The Morgan fingerprint density at radius 1 is 1.20 bits per heavy atom. The molecule has 1 amide bonds. The van der Waals surface area contributed by atoms with Crippen molar-refractivity contribution in [3.05, 3.63) is 53.3 Å². The third-order valence-electron chi connectivity index (χ3n) is 4.24. The molecule has 0 atom stereocenters. The fourth-order valence-corrected chi connectivity index (χ4v) is 2.88. The Bertz CT molecular complexity index is 748. The molecular formula is C17H19F3N4O. The minimum atomic E-state index is -4.49. The van der Waals surface area contributed by atoms with E-state index >= 15 is 0 Å². The number of nitrogens with zero attached hydrogens (tertiary/aromatic N) is 4. The highest BCUT2D eigenvalue weighted by atomic mass is 19.4. The number of aryl methyl sites for hydroxylation is 1. The normalized spacial score (nSPS) is 16.2. The van der Waals surface area contributed by atoms with Crippen molar-refractivity contribution < 1.29 is 18.0 Å². The van der Waals surface area contributed by atoms with E-state index in [1.54, 1.807) is 0 Å². The number of hydrogen-bond donors (Lipinski definition) is 0. The quantitative estimate of drug-likeness (QED) is 0.834. The molecule has 1 fully saturated rings. The van der Waals surface area contributed by atoms with Gasteiger partial charge in [-0.25, -0.2) is 4.79 Å². The lowest BCUT2D eigenvalue weighted by atomic mass is 10.1. The molecule has 2 aromatic rings. The van der Waals surface area contributed by atoms with Crippen LogP contribution in [-0.4, -0.2) is 51.8 Å². The SMILES string of the molecule is Cc1cccc(CN2CCN(C(=O)n3cc(C(F)(F)F)cn3)CC2)c1. The molecule has 0 bridgehead atoms. The monoisotopic (exact) mass is 352 g/mol. The van der Waals surface area contributed by atoms with E-state index < -0.39 is 17.8 Å². The fourth-order valence-electron chi connectivity index (χ4n) is 2.88. The number of rotatable bonds is 2. The first-order chi connectivity index (χ1) is 11.8. The average Bonchev–Trinajstić information content (AvgIpc) is 3.05. The van der Waals surface area contributed by atoms with Crippen LogP contribution in [0.25, 0.3) is 0 Å². The third kappa shape index (κ3) is 4.19. The Morgan fingerprint density at radius 3 is 2.52 bits per heavy atom. The van der Waals surface area contributed by atoms with Crippen LogP contribution in [0, 0.1) is 6.92 Å². The summed E-state index contributed by atoms with van der Waals surface area (Å²) < 4.78 is 38.6. The molecule has 1 saturated heterocycles. The van der Waals surface area contributed by atoms with E-state index in [-0.39, 0.29) is 0 Å². The van der Waals surface area contributed by atoms with Crippen molar-refractivity contribution in [3.8, 4) is 0 Å². The lowest BCUT2D eigenvalue weighted by molar-refractivity contribution is -0.137. The Morgan fingerprint density at radius 2 is 1.92 bits per heavy atom. The van der Waals surface area contributed by atoms with Crippen LogP contribution < -0.4 is 0 Å². The maximum absolute atomic E-state index is 12.6. The second kappa shape index (κ2) is 6.87. The van der Waals surface area contributed by atoms with E-state index in [1.807, 2.05) is 19.1 Å². The summed E-state index contributed by atoms with van der Waals surface area (Å²) in [6.45, 7) is 5.11. The Kier molecular flexibility index (Phi) is 4.80. The number of hydrogen-bond acceptors (Lipinski definition) is 3. The molecule has 8 heteroatoms. The fraction of sp³-hybridized carbons (Fsp3) is 0.412. The largest absolute Gasteiger partial charge is 0.419 e. The van der Waals surface area contributed by atoms with Gasteiger partial charge in [0, 0.05) is 38.9 Å². The number of carbonyl (C=O) groups is 1. The maximum atomic E-state index is 12.6. The number of amides is 1. The van der Waals surface area contributed by atoms with Crippen molar-refractivity contribution in [2.45, 2.75) is 19.6 Å². The highest BCUT2D eigenvalue weighted by molar-refractivity contribution is 5.76. The number of piperazine rings is 1. The van der Waals surface area contributed by atoms with Crippen LogP contribution in [0.3, 0.4) is 0 Å². The topological polar surface area (TPSA) is 41.4 Å². The Balaban J connectivity index is 1.56. The summed E-state index contributed by atoms with van der Waals surface area (Å²) >= 11 is 0. The Labute approximate surface area is 143 Å². The second-order valence-electron chi connectivity index (χ2n) is 6.21. The van der Waals surface area contributed by atoms with Gasteiger partial charge in [0.15, 0.2) is 0 Å². The molecule has 1 aliphatic heterocycles. The molecule has 0 radical (unpaired) electrons. The molecule has 0 spiro atoms. The molecule has 0 saturated carbocycles. The summed E-state index contributed by atoms with van der Waals surface area (Å²) in [5.74, 6) is 0. The summed E-state index contributed by atoms with van der Waals surface area (Å²) in [5.41, 5.74) is 1.49. The summed E-state index contributed by atoms with van der Waals surface area (Å²) in [6, 6.07) is 7.72. The zero-order valence-electron chi connectivity index (χ0n) is 13.8. The minimum absolute atomic E-state index is 0.464. The van der Waals surface area contributed by atoms with E-state index in [2.05, 4.69) is 22.1 Å². The van der Waals surface area contributed by atoms with Gasteiger partial charge in [0.1, 0.15) is 0 Å². The van der Waals surface area contributed by atoms with Crippen molar-refractivity contribution in [2.24, 2.45) is 0 Å². The van der Waals surface area contributed by atoms with Crippen LogP contribution in [-0.2, 0) is 12.7 Å². The predicted molar refractivity (Wildman–Crippen MR) is 86.1 cm³/mol. The second-order valence-corrected chi connectivity index (χ2v) is 6.21. The van der Waals surface area contributed by atoms with Gasteiger partial charge in [-0.15, -0.1) is 0 Å². The molecule has 1 aromatic heterocycles. The van der Waals surface area contributed by atoms with Gasteiger partial charge in [0.2, 0.25) is 0 Å². The predicted octanol–water partition coefficient (Wildman–Crippen LogP) is 3.00. The maximum Gasteiger partial charge on any atom is 0.419 e. The van der Waals surface area contributed by atoms with E-state index in [1.165, 1.54) is 16.0 Å². The smallest absolute Gasteiger partial charge is 0.320 e. The first kappa shape index (κ1) is 17.5. The van der Waals surface area contributed by atoms with Gasteiger partial charge in [-0.2, -0.15) is 23.0 Å². The zero-order chi connectivity index (χ0) is 18.0. The van der Waals surface area contributed by atoms with Gasteiger partial charge in [-0.1, -0.05) is 29.8 Å². The lowest BCUT2D eigenvalue weighted by Gasteiger charge is -2.34. The highest BCUT2D eigenvalue weighted by Gasteiger charge is 2.33. The van der Waals surface area contributed by atoms with E-state index in [4.69, 9.17) is 0 Å². The molecule has 1 aromatic carbocycles. The van der Waals surface area contributed by atoms with E-state index in [0.29, 0.717) is 32.4 Å². The number of aromatic nitrogens is 2. The van der Waals surface area contributed by atoms with Crippen LogP contribution in [0.5, 0.6) is 0 Å². The van der Waals surface area contributed by atoms with Crippen molar-refractivity contribution in [1.29, 1.82) is 0 Å². The highest BCUT2D eigenvalue weighted by Crippen LogP contribution is 2.28. The first-order valence-electron chi connectivity index (χ1n) is 8.02. The van der Waals surface area contributed by atoms with Crippen molar-refractivity contribution in [3.63, 3.8) is 0 Å². The van der Waals surface area contributed by atoms with Gasteiger partial charge in [-0.05, 0) is 12.5 Å². The van der Waals surface area contributed by atoms with Gasteiger partial charge in [0.25, 0.3) is 0 Å². The van der Waals surface area contributed by atoms with Crippen LogP contribution in [0.2, 0.25) is 0 Å². The summed E-state index contributed by atoms with van der Waals surface area (Å²) in [7, 11) is 0. The average molecular weight is 352 g/mol. The molecule has 25 heavy (non-hydrogen) atoms. The molecule has 2 heterocycles. The molecule has 0 aliphatic carbocycles. The van der Waals surface area contributed by atoms with E-state index in [0.717, 1.165) is 17.4 Å². The van der Waals surface area contributed by atoms with Gasteiger partial charge in [0.05, 0.1) is 11.8 Å². The zero-order valence-corrected chi connectivity index (χ0v) is 13.8. The van der Waals surface area contributed by atoms with Crippen LogP contribution in [0.4, 0.5) is 18.0 Å². The van der Waals surface area contributed by atoms with Gasteiger partial charge < -0.3 is 4.90 Å². The van der Waals surface area contributed by atoms with Crippen molar-refractivity contribution in [2.75, 3.05) is 26.2 Å². The molecule has 5 nitrogen and oxygen atoms in total. The minimum Gasteiger partial charge on any atom is -0.320 e. The van der Waals surface area contributed by atoms with Crippen LogP contribution in [0.15, 0.2) is 36.7 Å². The van der Waals surface area contributed by atoms with Gasteiger partial charge >= 0.3 is 12.2 Å². The van der Waals surface area contributed by atoms with Crippen LogP contribution in [0.1, 0.15) is 16.7 Å². The lowest BCUT2D eigenvalue weighted by Crippen LogP contribution is -2.49. The van der Waals surface area contributed by atoms with Crippen LogP contribution >= 0.6 is 0 Å². The number of alkyl halides is 3. The van der Waals surface area contributed by atoms with Crippen molar-refractivity contribution in [1.82, 2.24) is 19.6 Å². The van der Waals surface area contributed by atoms with E-state index in [9.17, 15) is 18.0 Å². The molecule has 3 rings (SSSR count). The third-order valence-corrected chi connectivity index (χ3v) is 4.24. The number of benzene rings is 1.